The Kier molecular flexibility index (Phi) is 4.46. The molecule has 0 aliphatic carbocycles. The van der Waals surface area contributed by atoms with Crippen molar-refractivity contribution >= 4 is 15.9 Å². The van der Waals surface area contributed by atoms with Crippen molar-refractivity contribution in [2.24, 2.45) is 0 Å². The highest BCUT2D eigenvalue weighted by molar-refractivity contribution is 9.09. The number of ether oxygens (including phenoxy) is 1. The lowest BCUT2D eigenvalue weighted by molar-refractivity contribution is 0.409. The maximum Gasteiger partial charge on any atom is 0.122 e. The molecule has 1 aromatic rings. The van der Waals surface area contributed by atoms with E-state index in [1.165, 1.54) is 16.7 Å². The van der Waals surface area contributed by atoms with E-state index in [-0.39, 0.29) is 0 Å². The summed E-state index contributed by atoms with van der Waals surface area (Å²) < 4.78 is 5.36. The first kappa shape index (κ1) is 11.6. The van der Waals surface area contributed by atoms with Crippen LogP contribution in [0.1, 0.15) is 23.1 Å². The van der Waals surface area contributed by atoms with Gasteiger partial charge < -0.3 is 4.74 Å². The summed E-state index contributed by atoms with van der Waals surface area (Å²) in [6.45, 7) is 4.26. The summed E-state index contributed by atoms with van der Waals surface area (Å²) in [6, 6.07) is 4.36. The van der Waals surface area contributed by atoms with Crippen molar-refractivity contribution < 1.29 is 4.74 Å². The van der Waals surface area contributed by atoms with Gasteiger partial charge >= 0.3 is 0 Å². The molecule has 0 spiro atoms. The average Bonchev–Trinajstić information content (AvgIpc) is 2.19. The van der Waals surface area contributed by atoms with Crippen LogP contribution in [-0.2, 0) is 6.42 Å². The third-order valence-corrected chi connectivity index (χ3v) is 3.04. The van der Waals surface area contributed by atoms with Crippen LogP contribution in [0.15, 0.2) is 12.1 Å². The van der Waals surface area contributed by atoms with Gasteiger partial charge in [0.1, 0.15) is 5.75 Å². The second kappa shape index (κ2) is 5.40. The van der Waals surface area contributed by atoms with E-state index in [2.05, 4.69) is 41.9 Å². The van der Waals surface area contributed by atoms with Crippen LogP contribution in [0, 0.1) is 13.8 Å². The molecule has 1 rings (SSSR count). The molecule has 0 bridgehead atoms. The molecule has 78 valence electrons. The molecule has 0 aliphatic heterocycles. The number of benzene rings is 1. The first-order valence-corrected chi connectivity index (χ1v) is 6.01. The number of rotatable bonds is 4. The van der Waals surface area contributed by atoms with Crippen LogP contribution in [0.4, 0.5) is 0 Å². The summed E-state index contributed by atoms with van der Waals surface area (Å²) in [7, 11) is 1.74. The Labute approximate surface area is 94.6 Å². The van der Waals surface area contributed by atoms with E-state index in [9.17, 15) is 0 Å². The quantitative estimate of drug-likeness (QED) is 0.748. The molecule has 0 atom stereocenters. The smallest absolute Gasteiger partial charge is 0.122 e. The van der Waals surface area contributed by atoms with Crippen LogP contribution in [0.5, 0.6) is 5.75 Å². The minimum absolute atomic E-state index is 1.02. The van der Waals surface area contributed by atoms with Crippen molar-refractivity contribution in [3.8, 4) is 5.75 Å². The summed E-state index contributed by atoms with van der Waals surface area (Å²) in [5, 5.41) is 1.04. The molecule has 0 saturated heterocycles. The summed E-state index contributed by atoms with van der Waals surface area (Å²) in [4.78, 5) is 0. The first-order chi connectivity index (χ1) is 6.69. The van der Waals surface area contributed by atoms with E-state index in [4.69, 9.17) is 4.74 Å². The number of hydrogen-bond acceptors (Lipinski definition) is 1. The number of hydrogen-bond donors (Lipinski definition) is 0. The summed E-state index contributed by atoms with van der Waals surface area (Å²) in [6.07, 6.45) is 2.23. The van der Waals surface area contributed by atoms with Gasteiger partial charge in [-0.15, -0.1) is 0 Å². The van der Waals surface area contributed by atoms with E-state index < -0.39 is 0 Å². The van der Waals surface area contributed by atoms with Crippen LogP contribution in [-0.4, -0.2) is 12.4 Å². The van der Waals surface area contributed by atoms with Gasteiger partial charge in [0.2, 0.25) is 0 Å². The molecule has 1 nitrogen and oxygen atoms in total. The van der Waals surface area contributed by atoms with Gasteiger partial charge in [0, 0.05) is 5.33 Å². The molecule has 0 unspecified atom stereocenters. The van der Waals surface area contributed by atoms with Gasteiger partial charge in [-0.05, 0) is 49.4 Å². The Bertz CT molecular complexity index is 307. The highest BCUT2D eigenvalue weighted by atomic mass is 79.9. The van der Waals surface area contributed by atoms with Gasteiger partial charge in [-0.2, -0.15) is 0 Å². The van der Waals surface area contributed by atoms with Crippen molar-refractivity contribution in [1.29, 1.82) is 0 Å². The molecule has 0 fully saturated rings. The number of methoxy groups -OCH3 is 1. The van der Waals surface area contributed by atoms with Crippen molar-refractivity contribution in [2.75, 3.05) is 12.4 Å². The minimum Gasteiger partial charge on any atom is -0.496 e. The zero-order valence-electron chi connectivity index (χ0n) is 9.06. The van der Waals surface area contributed by atoms with Crippen molar-refractivity contribution in [3.63, 3.8) is 0 Å². The molecule has 0 aromatic heterocycles. The zero-order chi connectivity index (χ0) is 10.6. The lowest BCUT2D eigenvalue weighted by atomic mass is 10.0. The number of halogens is 1. The average molecular weight is 257 g/mol. The molecule has 0 heterocycles. The summed E-state index contributed by atoms with van der Waals surface area (Å²) in [5.74, 6) is 1.02. The first-order valence-electron chi connectivity index (χ1n) is 4.89. The third-order valence-electron chi connectivity index (χ3n) is 2.48. The Hall–Kier alpha value is -0.500. The lowest BCUT2D eigenvalue weighted by Gasteiger charge is -2.11. The van der Waals surface area contributed by atoms with Crippen LogP contribution < -0.4 is 4.74 Å². The van der Waals surface area contributed by atoms with Crippen molar-refractivity contribution in [2.45, 2.75) is 26.7 Å². The van der Waals surface area contributed by atoms with Crippen LogP contribution in [0.25, 0.3) is 0 Å². The molecule has 0 saturated carbocycles. The maximum absolute atomic E-state index is 5.36. The second-order valence-corrected chi connectivity index (χ2v) is 4.33. The topological polar surface area (TPSA) is 9.23 Å². The largest absolute Gasteiger partial charge is 0.496 e. The van der Waals surface area contributed by atoms with Gasteiger partial charge in [-0.25, -0.2) is 0 Å². The van der Waals surface area contributed by atoms with Gasteiger partial charge in [-0.1, -0.05) is 22.0 Å². The second-order valence-electron chi connectivity index (χ2n) is 3.54. The zero-order valence-corrected chi connectivity index (χ0v) is 10.6. The lowest BCUT2D eigenvalue weighted by Crippen LogP contribution is -1.95. The Balaban J connectivity index is 2.95. The SMILES string of the molecule is COc1cc(C)c(C)cc1CCCBr. The highest BCUT2D eigenvalue weighted by Gasteiger charge is 2.04. The van der Waals surface area contributed by atoms with Crippen molar-refractivity contribution in [1.82, 2.24) is 0 Å². The van der Waals surface area contributed by atoms with Gasteiger partial charge in [0.15, 0.2) is 0 Å². The molecular weight excluding hydrogens is 240 g/mol. The molecule has 14 heavy (non-hydrogen) atoms. The molecule has 0 N–H and O–H groups in total. The monoisotopic (exact) mass is 256 g/mol. The molecule has 0 amide bonds. The molecule has 0 aliphatic rings. The highest BCUT2D eigenvalue weighted by Crippen LogP contribution is 2.24. The van der Waals surface area contributed by atoms with Crippen LogP contribution in [0.3, 0.4) is 0 Å². The maximum atomic E-state index is 5.36. The summed E-state index contributed by atoms with van der Waals surface area (Å²) in [5.41, 5.74) is 3.95. The summed E-state index contributed by atoms with van der Waals surface area (Å²) >= 11 is 3.45. The Morgan fingerprint density at radius 2 is 1.86 bits per heavy atom. The van der Waals surface area contributed by atoms with Gasteiger partial charge in [0.05, 0.1) is 7.11 Å². The number of alkyl halides is 1. The predicted octanol–water partition coefficient (Wildman–Crippen LogP) is 3.64. The third kappa shape index (κ3) is 2.74. The Morgan fingerprint density at radius 1 is 1.21 bits per heavy atom. The van der Waals surface area contributed by atoms with E-state index >= 15 is 0 Å². The fraction of sp³-hybridized carbons (Fsp3) is 0.500. The normalized spacial score (nSPS) is 10.3. The van der Waals surface area contributed by atoms with Gasteiger partial charge in [-0.3, -0.25) is 0 Å². The molecule has 1 aromatic carbocycles. The van der Waals surface area contributed by atoms with Crippen LogP contribution >= 0.6 is 15.9 Å². The van der Waals surface area contributed by atoms with Gasteiger partial charge in [0.25, 0.3) is 0 Å². The minimum atomic E-state index is 1.02. The van der Waals surface area contributed by atoms with E-state index in [0.29, 0.717) is 0 Å². The molecular formula is C12H17BrO. The fourth-order valence-electron chi connectivity index (χ4n) is 1.49. The van der Waals surface area contributed by atoms with E-state index in [1.807, 2.05) is 0 Å². The molecule has 2 heteroatoms. The standard InChI is InChI=1S/C12H17BrO/c1-9-7-11(5-4-6-13)12(14-3)8-10(9)2/h7-8H,4-6H2,1-3H3. The van der Waals surface area contributed by atoms with Crippen LogP contribution in [0.2, 0.25) is 0 Å². The number of aryl methyl sites for hydroxylation is 3. The van der Waals surface area contributed by atoms with E-state index in [0.717, 1.165) is 23.9 Å². The Morgan fingerprint density at radius 3 is 2.43 bits per heavy atom. The molecule has 0 radical (unpaired) electrons. The fourth-order valence-corrected chi connectivity index (χ4v) is 1.77. The van der Waals surface area contributed by atoms with E-state index in [1.54, 1.807) is 7.11 Å². The van der Waals surface area contributed by atoms with Crippen molar-refractivity contribution in [3.05, 3.63) is 28.8 Å². The predicted molar refractivity (Wildman–Crippen MR) is 64.6 cm³/mol.